The second-order valence-corrected chi connectivity index (χ2v) is 5.41. The molecule has 0 N–H and O–H groups in total. The molecular weight excluding hydrogens is 314 g/mol. The highest BCUT2D eigenvalue weighted by Gasteiger charge is 2.09. The van der Waals surface area contributed by atoms with Crippen LogP contribution in [0.2, 0.25) is 5.02 Å². The first-order valence-electron chi connectivity index (χ1n) is 7.17. The van der Waals surface area contributed by atoms with Crippen molar-refractivity contribution in [1.82, 2.24) is 9.55 Å². The van der Waals surface area contributed by atoms with Crippen molar-refractivity contribution in [1.29, 1.82) is 0 Å². The van der Waals surface area contributed by atoms with Crippen LogP contribution in [0.3, 0.4) is 0 Å². The minimum Gasteiger partial charge on any atom is -0.325 e. The van der Waals surface area contributed by atoms with Crippen molar-refractivity contribution in [3.63, 3.8) is 0 Å². The number of hydrogen-bond donors (Lipinski definition) is 0. The summed E-state index contributed by atoms with van der Waals surface area (Å²) in [6.07, 6.45) is 3.69. The summed E-state index contributed by atoms with van der Waals surface area (Å²) < 4.78 is 2.10. The molecule has 0 atom stereocenters. The maximum absolute atomic E-state index is 10.7. The summed E-state index contributed by atoms with van der Waals surface area (Å²) in [4.78, 5) is 14.9. The zero-order chi connectivity index (χ0) is 16.4. The SMILES string of the molecule is CCn1c(C=Cc2ccc([N+](=O)[O-])cc2Cl)nc2ccccc21. The average Bonchev–Trinajstić information content (AvgIpc) is 2.91. The molecule has 0 unspecified atom stereocenters. The summed E-state index contributed by atoms with van der Waals surface area (Å²) in [5.41, 5.74) is 2.70. The third-order valence-electron chi connectivity index (χ3n) is 3.61. The van der Waals surface area contributed by atoms with Crippen molar-refractivity contribution in [3.8, 4) is 0 Å². The van der Waals surface area contributed by atoms with Crippen LogP contribution < -0.4 is 0 Å². The lowest BCUT2D eigenvalue weighted by Crippen LogP contribution is -1.96. The zero-order valence-electron chi connectivity index (χ0n) is 12.4. The van der Waals surface area contributed by atoms with Crippen LogP contribution in [0.25, 0.3) is 23.2 Å². The lowest BCUT2D eigenvalue weighted by atomic mass is 10.2. The van der Waals surface area contributed by atoms with Crippen molar-refractivity contribution in [2.24, 2.45) is 0 Å². The highest BCUT2D eigenvalue weighted by Crippen LogP contribution is 2.25. The van der Waals surface area contributed by atoms with Gasteiger partial charge in [-0.15, -0.1) is 0 Å². The number of non-ortho nitro benzene ring substituents is 1. The molecule has 116 valence electrons. The first-order valence-corrected chi connectivity index (χ1v) is 7.55. The van der Waals surface area contributed by atoms with Gasteiger partial charge in [0.1, 0.15) is 5.82 Å². The van der Waals surface area contributed by atoms with Gasteiger partial charge in [0.2, 0.25) is 0 Å². The highest BCUT2D eigenvalue weighted by molar-refractivity contribution is 6.32. The fourth-order valence-electron chi connectivity index (χ4n) is 2.48. The van der Waals surface area contributed by atoms with Gasteiger partial charge in [0.25, 0.3) is 5.69 Å². The van der Waals surface area contributed by atoms with Gasteiger partial charge in [0.15, 0.2) is 0 Å². The van der Waals surface area contributed by atoms with Crippen molar-refractivity contribution in [3.05, 3.63) is 69.0 Å². The van der Waals surface area contributed by atoms with Crippen LogP contribution in [0.15, 0.2) is 42.5 Å². The second-order valence-electron chi connectivity index (χ2n) is 5.00. The number of rotatable bonds is 4. The van der Waals surface area contributed by atoms with E-state index in [-0.39, 0.29) is 5.69 Å². The molecule has 5 nitrogen and oxygen atoms in total. The Morgan fingerprint density at radius 3 is 2.74 bits per heavy atom. The Morgan fingerprint density at radius 2 is 2.04 bits per heavy atom. The summed E-state index contributed by atoms with van der Waals surface area (Å²) in [6.45, 7) is 2.86. The van der Waals surface area contributed by atoms with Crippen LogP contribution >= 0.6 is 11.6 Å². The quantitative estimate of drug-likeness (QED) is 0.511. The number of nitro groups is 1. The molecule has 1 aromatic heterocycles. The van der Waals surface area contributed by atoms with Gasteiger partial charge in [-0.25, -0.2) is 4.98 Å². The number of aromatic nitrogens is 2. The fraction of sp³-hybridized carbons (Fsp3) is 0.118. The molecule has 1 heterocycles. The van der Waals surface area contributed by atoms with E-state index in [1.54, 1.807) is 6.07 Å². The molecule has 3 rings (SSSR count). The maximum Gasteiger partial charge on any atom is 0.270 e. The number of nitro benzene ring substituents is 1. The van der Waals surface area contributed by atoms with Crippen LogP contribution in [0.5, 0.6) is 0 Å². The Bertz CT molecular complexity index is 915. The van der Waals surface area contributed by atoms with Crippen molar-refractivity contribution < 1.29 is 4.92 Å². The molecule has 0 bridgehead atoms. The van der Waals surface area contributed by atoms with Gasteiger partial charge in [-0.2, -0.15) is 0 Å². The molecule has 0 saturated heterocycles. The van der Waals surface area contributed by atoms with Gasteiger partial charge in [0, 0.05) is 18.7 Å². The molecule has 0 aliphatic rings. The number of fused-ring (bicyclic) bond motifs is 1. The fourth-order valence-corrected chi connectivity index (χ4v) is 2.72. The van der Waals surface area contributed by atoms with E-state index in [4.69, 9.17) is 11.6 Å². The van der Waals surface area contributed by atoms with E-state index < -0.39 is 4.92 Å². The topological polar surface area (TPSA) is 61.0 Å². The average molecular weight is 328 g/mol. The predicted octanol–water partition coefficient (Wildman–Crippen LogP) is 4.79. The van der Waals surface area contributed by atoms with E-state index >= 15 is 0 Å². The van der Waals surface area contributed by atoms with Crippen LogP contribution in [-0.4, -0.2) is 14.5 Å². The van der Waals surface area contributed by atoms with E-state index in [1.165, 1.54) is 12.1 Å². The Hall–Kier alpha value is -2.66. The summed E-state index contributed by atoms with van der Waals surface area (Å²) in [6, 6.07) is 12.4. The molecule has 23 heavy (non-hydrogen) atoms. The van der Waals surface area contributed by atoms with Gasteiger partial charge in [-0.1, -0.05) is 23.7 Å². The lowest BCUT2D eigenvalue weighted by Gasteiger charge is -2.02. The van der Waals surface area contributed by atoms with Crippen LogP contribution in [0.1, 0.15) is 18.3 Å². The molecule has 2 aromatic carbocycles. The second kappa shape index (κ2) is 6.22. The number of halogens is 1. The lowest BCUT2D eigenvalue weighted by molar-refractivity contribution is -0.384. The number of aryl methyl sites for hydroxylation is 1. The highest BCUT2D eigenvalue weighted by atomic mass is 35.5. The number of imidazole rings is 1. The molecule has 0 aliphatic heterocycles. The van der Waals surface area contributed by atoms with Crippen LogP contribution in [-0.2, 0) is 6.54 Å². The number of hydrogen-bond acceptors (Lipinski definition) is 3. The van der Waals surface area contributed by atoms with Gasteiger partial charge in [0.05, 0.1) is 21.0 Å². The number of para-hydroxylation sites is 2. The molecule has 0 fully saturated rings. The first kappa shape index (κ1) is 15.2. The Labute approximate surface area is 138 Å². The molecular formula is C17H14ClN3O2. The van der Waals surface area contributed by atoms with E-state index in [0.717, 1.165) is 23.4 Å². The Kier molecular flexibility index (Phi) is 4.12. The standard InChI is InChI=1S/C17H14ClN3O2/c1-2-20-16-6-4-3-5-15(16)19-17(20)10-8-12-7-9-13(21(22)23)11-14(12)18/h3-11H,2H2,1H3. The van der Waals surface area contributed by atoms with E-state index in [0.29, 0.717) is 10.6 Å². The molecule has 0 amide bonds. The van der Waals surface area contributed by atoms with Crippen molar-refractivity contribution >= 4 is 40.5 Å². The van der Waals surface area contributed by atoms with E-state index in [1.807, 2.05) is 36.4 Å². The third kappa shape index (κ3) is 2.96. The molecule has 0 saturated carbocycles. The van der Waals surface area contributed by atoms with Crippen LogP contribution in [0.4, 0.5) is 5.69 Å². The molecule has 6 heteroatoms. The van der Waals surface area contributed by atoms with Crippen molar-refractivity contribution in [2.45, 2.75) is 13.5 Å². The summed E-state index contributed by atoms with van der Waals surface area (Å²) in [5, 5.41) is 11.1. The molecule has 0 spiro atoms. The number of benzene rings is 2. The van der Waals surface area contributed by atoms with E-state index in [9.17, 15) is 10.1 Å². The van der Waals surface area contributed by atoms with Gasteiger partial charge >= 0.3 is 0 Å². The van der Waals surface area contributed by atoms with Gasteiger partial charge in [-0.3, -0.25) is 10.1 Å². The predicted molar refractivity (Wildman–Crippen MR) is 92.4 cm³/mol. The van der Waals surface area contributed by atoms with Crippen molar-refractivity contribution in [2.75, 3.05) is 0 Å². The summed E-state index contributed by atoms with van der Waals surface area (Å²) >= 11 is 6.11. The first-order chi connectivity index (χ1) is 11.1. The molecule has 0 aliphatic carbocycles. The smallest absolute Gasteiger partial charge is 0.270 e. The number of nitrogens with zero attached hydrogens (tertiary/aromatic N) is 3. The van der Waals surface area contributed by atoms with Crippen LogP contribution in [0, 0.1) is 10.1 Å². The zero-order valence-corrected chi connectivity index (χ0v) is 13.2. The monoisotopic (exact) mass is 327 g/mol. The summed E-state index contributed by atoms with van der Waals surface area (Å²) in [5.74, 6) is 0.822. The minimum absolute atomic E-state index is 0.0204. The minimum atomic E-state index is -0.462. The van der Waals surface area contributed by atoms with Gasteiger partial charge < -0.3 is 4.57 Å². The third-order valence-corrected chi connectivity index (χ3v) is 3.93. The molecule has 0 radical (unpaired) electrons. The normalized spacial score (nSPS) is 11.4. The van der Waals surface area contributed by atoms with Gasteiger partial charge in [-0.05, 0) is 42.8 Å². The molecule has 3 aromatic rings. The largest absolute Gasteiger partial charge is 0.325 e. The van der Waals surface area contributed by atoms with E-state index in [2.05, 4.69) is 16.5 Å². The Morgan fingerprint density at radius 1 is 1.26 bits per heavy atom. The summed E-state index contributed by atoms with van der Waals surface area (Å²) in [7, 11) is 0. The Balaban J connectivity index is 1.98. The maximum atomic E-state index is 10.7.